The molecule has 1 saturated heterocycles. The average molecular weight is 285 g/mol. The molecule has 116 valence electrons. The second-order valence-corrected chi connectivity index (χ2v) is 7.85. The third-order valence-electron chi connectivity index (χ3n) is 3.28. The van der Waals surface area contributed by atoms with Gasteiger partial charge >= 0.3 is 12.1 Å². The lowest BCUT2D eigenvalue weighted by molar-refractivity contribution is -0.142. The van der Waals surface area contributed by atoms with Crippen molar-refractivity contribution < 1.29 is 19.4 Å². The first kappa shape index (κ1) is 16.8. The van der Waals surface area contributed by atoms with E-state index >= 15 is 0 Å². The summed E-state index contributed by atoms with van der Waals surface area (Å²) in [7, 11) is 0. The van der Waals surface area contributed by atoms with Crippen LogP contribution >= 0.6 is 0 Å². The average Bonchev–Trinajstić information content (AvgIpc) is 2.56. The summed E-state index contributed by atoms with van der Waals surface area (Å²) in [6.45, 7) is 12.4. The fraction of sp³-hybridized carbons (Fsp3) is 0.867. The van der Waals surface area contributed by atoms with Crippen LogP contribution in [0.1, 0.15) is 48.0 Å². The largest absolute Gasteiger partial charge is 0.481 e. The van der Waals surface area contributed by atoms with Gasteiger partial charge in [-0.3, -0.25) is 4.79 Å². The molecule has 1 aliphatic heterocycles. The van der Waals surface area contributed by atoms with Gasteiger partial charge in [0.2, 0.25) is 0 Å². The fourth-order valence-corrected chi connectivity index (χ4v) is 2.62. The van der Waals surface area contributed by atoms with Crippen LogP contribution in [0.25, 0.3) is 0 Å². The molecule has 5 heteroatoms. The molecule has 5 nitrogen and oxygen atoms in total. The predicted molar refractivity (Wildman–Crippen MR) is 76.5 cm³/mol. The molecule has 1 N–H and O–H groups in total. The molecule has 2 atom stereocenters. The van der Waals surface area contributed by atoms with E-state index in [-0.39, 0.29) is 17.9 Å². The predicted octanol–water partition coefficient (Wildman–Crippen LogP) is 2.99. The molecule has 0 bridgehead atoms. The van der Waals surface area contributed by atoms with Crippen molar-refractivity contribution in [2.45, 2.75) is 53.6 Å². The van der Waals surface area contributed by atoms with Crippen molar-refractivity contribution in [3.05, 3.63) is 0 Å². The molecule has 1 fully saturated rings. The summed E-state index contributed by atoms with van der Waals surface area (Å²) in [5.74, 6) is -1.34. The monoisotopic (exact) mass is 285 g/mol. The third kappa shape index (κ3) is 5.02. The van der Waals surface area contributed by atoms with Crippen LogP contribution in [0, 0.1) is 17.3 Å². The maximum Gasteiger partial charge on any atom is 0.410 e. The Bertz CT molecular complexity index is 378. The van der Waals surface area contributed by atoms with E-state index in [1.54, 1.807) is 0 Å². The number of aliphatic carboxylic acids is 1. The van der Waals surface area contributed by atoms with E-state index in [9.17, 15) is 14.7 Å². The SMILES string of the molecule is CC(C)(C)C[C@H]1CN(C(=O)OC(C)(C)C)C[C@H]1C(=O)O. The number of carboxylic acids is 1. The maximum atomic E-state index is 12.1. The van der Waals surface area contributed by atoms with Gasteiger partial charge in [-0.15, -0.1) is 0 Å². The molecule has 20 heavy (non-hydrogen) atoms. The highest BCUT2D eigenvalue weighted by Gasteiger charge is 2.42. The van der Waals surface area contributed by atoms with Gasteiger partial charge in [-0.1, -0.05) is 20.8 Å². The van der Waals surface area contributed by atoms with Gasteiger partial charge in [0.25, 0.3) is 0 Å². The van der Waals surface area contributed by atoms with Crippen molar-refractivity contribution in [3.8, 4) is 0 Å². The number of carbonyl (C=O) groups is 2. The number of hydrogen-bond acceptors (Lipinski definition) is 3. The van der Waals surface area contributed by atoms with Crippen LogP contribution < -0.4 is 0 Å². The molecule has 1 rings (SSSR count). The lowest BCUT2D eigenvalue weighted by atomic mass is 9.80. The van der Waals surface area contributed by atoms with Gasteiger partial charge in [0.05, 0.1) is 5.92 Å². The highest BCUT2D eigenvalue weighted by molar-refractivity contribution is 5.74. The first-order valence-corrected chi connectivity index (χ1v) is 7.10. The highest BCUT2D eigenvalue weighted by Crippen LogP contribution is 2.34. The number of amides is 1. The van der Waals surface area contributed by atoms with Crippen molar-refractivity contribution >= 4 is 12.1 Å². The third-order valence-corrected chi connectivity index (χ3v) is 3.28. The second-order valence-electron chi connectivity index (χ2n) is 7.85. The van der Waals surface area contributed by atoms with Crippen LogP contribution in [0.3, 0.4) is 0 Å². The molecule has 1 aliphatic rings. The zero-order chi connectivity index (χ0) is 15.7. The maximum absolute atomic E-state index is 12.1. The smallest absolute Gasteiger partial charge is 0.410 e. The van der Waals surface area contributed by atoms with E-state index < -0.39 is 23.6 Å². The van der Waals surface area contributed by atoms with E-state index in [4.69, 9.17) is 4.74 Å². The van der Waals surface area contributed by atoms with Gasteiger partial charge in [-0.25, -0.2) is 4.79 Å². The van der Waals surface area contributed by atoms with E-state index in [0.29, 0.717) is 6.54 Å². The molecular weight excluding hydrogens is 258 g/mol. The number of ether oxygens (including phenoxy) is 1. The van der Waals surface area contributed by atoms with Crippen molar-refractivity contribution in [2.24, 2.45) is 17.3 Å². The van der Waals surface area contributed by atoms with Crippen molar-refractivity contribution in [1.82, 2.24) is 4.90 Å². The Hall–Kier alpha value is -1.26. The summed E-state index contributed by atoms with van der Waals surface area (Å²) < 4.78 is 5.32. The minimum atomic E-state index is -0.828. The molecule has 0 unspecified atom stereocenters. The Morgan fingerprint density at radius 3 is 2.10 bits per heavy atom. The molecule has 1 heterocycles. The fourth-order valence-electron chi connectivity index (χ4n) is 2.62. The zero-order valence-electron chi connectivity index (χ0n) is 13.4. The van der Waals surface area contributed by atoms with Gasteiger partial charge < -0.3 is 14.7 Å². The highest BCUT2D eigenvalue weighted by atomic mass is 16.6. The zero-order valence-corrected chi connectivity index (χ0v) is 13.4. The Kier molecular flexibility index (Phi) is 4.72. The molecule has 0 aliphatic carbocycles. The van der Waals surface area contributed by atoms with Crippen LogP contribution in [-0.2, 0) is 9.53 Å². The molecule has 0 saturated carbocycles. The van der Waals surface area contributed by atoms with E-state index in [0.717, 1.165) is 6.42 Å². The summed E-state index contributed by atoms with van der Waals surface area (Å²) in [6, 6.07) is 0. The Morgan fingerprint density at radius 2 is 1.70 bits per heavy atom. The first-order valence-electron chi connectivity index (χ1n) is 7.10. The summed E-state index contributed by atoms with van der Waals surface area (Å²) in [5.41, 5.74) is -0.514. The number of carboxylic acid groups (broad SMARTS) is 1. The number of likely N-dealkylation sites (tertiary alicyclic amines) is 1. The summed E-state index contributed by atoms with van der Waals surface area (Å²) >= 11 is 0. The molecule has 0 radical (unpaired) electrons. The minimum absolute atomic E-state index is 0.0139. The standard InChI is InChI=1S/C15H27NO4/c1-14(2,3)7-10-8-16(9-11(10)12(17)18)13(19)20-15(4,5)6/h10-11H,7-9H2,1-6H3,(H,17,18)/t10-,11+/m0/s1. The molecule has 1 amide bonds. The van der Waals surface area contributed by atoms with Crippen LogP contribution in [0.2, 0.25) is 0 Å². The Balaban J connectivity index is 2.75. The lowest BCUT2D eigenvalue weighted by Crippen LogP contribution is -2.36. The molecule has 0 aromatic carbocycles. The van der Waals surface area contributed by atoms with Crippen LogP contribution in [-0.4, -0.2) is 40.8 Å². The van der Waals surface area contributed by atoms with E-state index in [1.165, 1.54) is 4.90 Å². The van der Waals surface area contributed by atoms with Gasteiger partial charge in [-0.2, -0.15) is 0 Å². The van der Waals surface area contributed by atoms with Crippen molar-refractivity contribution in [3.63, 3.8) is 0 Å². The normalized spacial score (nSPS) is 23.8. The van der Waals surface area contributed by atoms with Crippen LogP contribution in [0.5, 0.6) is 0 Å². The van der Waals surface area contributed by atoms with Gasteiger partial charge in [0.15, 0.2) is 0 Å². The van der Waals surface area contributed by atoms with Crippen LogP contribution in [0.4, 0.5) is 4.79 Å². The second kappa shape index (κ2) is 5.62. The number of carbonyl (C=O) groups excluding carboxylic acids is 1. The van der Waals surface area contributed by atoms with Gasteiger partial charge in [0.1, 0.15) is 5.60 Å². The Morgan fingerprint density at radius 1 is 1.15 bits per heavy atom. The van der Waals surface area contributed by atoms with Crippen LogP contribution in [0.15, 0.2) is 0 Å². The van der Waals surface area contributed by atoms with E-state index in [2.05, 4.69) is 20.8 Å². The van der Waals surface area contributed by atoms with E-state index in [1.807, 2.05) is 20.8 Å². The number of rotatable bonds is 2. The topological polar surface area (TPSA) is 66.8 Å². The van der Waals surface area contributed by atoms with Gasteiger partial charge in [0, 0.05) is 13.1 Å². The summed E-state index contributed by atoms with van der Waals surface area (Å²) in [6.07, 6.45) is 0.364. The molecule has 0 aromatic rings. The summed E-state index contributed by atoms with van der Waals surface area (Å²) in [4.78, 5) is 25.0. The number of hydrogen-bond donors (Lipinski definition) is 1. The Labute approximate surface area is 121 Å². The van der Waals surface area contributed by atoms with Crippen molar-refractivity contribution in [1.29, 1.82) is 0 Å². The minimum Gasteiger partial charge on any atom is -0.481 e. The first-order chi connectivity index (χ1) is 8.89. The summed E-state index contributed by atoms with van der Waals surface area (Å²) in [5, 5.41) is 9.33. The van der Waals surface area contributed by atoms with Gasteiger partial charge in [-0.05, 0) is 38.5 Å². The number of nitrogens with zero attached hydrogens (tertiary/aromatic N) is 1. The quantitative estimate of drug-likeness (QED) is 0.847. The molecule has 0 aromatic heterocycles. The lowest BCUT2D eigenvalue weighted by Gasteiger charge is -2.26. The molecule has 0 spiro atoms. The van der Waals surface area contributed by atoms with Crippen molar-refractivity contribution in [2.75, 3.05) is 13.1 Å². The molecular formula is C15H27NO4.